The van der Waals surface area contributed by atoms with Crippen LogP contribution in [0, 0.1) is 0 Å². The van der Waals surface area contributed by atoms with E-state index in [0.717, 1.165) is 29.8 Å². The van der Waals surface area contributed by atoms with Crippen molar-refractivity contribution in [3.8, 4) is 0 Å². The number of anilines is 2. The monoisotopic (exact) mass is 322 g/mol. The van der Waals surface area contributed by atoms with Crippen LogP contribution in [0.25, 0.3) is 0 Å². The lowest BCUT2D eigenvalue weighted by atomic mass is 10.1. The lowest BCUT2D eigenvalue weighted by Crippen LogP contribution is -2.22. The Kier molecular flexibility index (Phi) is 5.26. The number of amides is 1. The quantitative estimate of drug-likeness (QED) is 0.861. The Bertz CT molecular complexity index is 684. The number of alkyl halides is 3. The highest BCUT2D eigenvalue weighted by Crippen LogP contribution is 2.30. The summed E-state index contributed by atoms with van der Waals surface area (Å²) in [5.41, 5.74) is 1.24. The molecule has 0 heterocycles. The van der Waals surface area contributed by atoms with Crippen molar-refractivity contribution in [2.24, 2.45) is 0 Å². The van der Waals surface area contributed by atoms with Crippen LogP contribution in [-0.4, -0.2) is 12.5 Å². The summed E-state index contributed by atoms with van der Waals surface area (Å²) in [5, 5.41) is 5.46. The zero-order valence-corrected chi connectivity index (χ0v) is 12.6. The molecule has 2 aromatic rings. The van der Waals surface area contributed by atoms with Crippen molar-refractivity contribution >= 4 is 17.3 Å². The summed E-state index contributed by atoms with van der Waals surface area (Å²) in [7, 11) is 0. The van der Waals surface area contributed by atoms with Crippen LogP contribution in [0.4, 0.5) is 24.5 Å². The molecule has 0 atom stereocenters. The molecule has 0 spiro atoms. The van der Waals surface area contributed by atoms with Gasteiger partial charge in [-0.2, -0.15) is 13.2 Å². The van der Waals surface area contributed by atoms with E-state index in [1.54, 1.807) is 0 Å². The number of hydrogen-bond acceptors (Lipinski definition) is 2. The average molecular weight is 322 g/mol. The van der Waals surface area contributed by atoms with Crippen molar-refractivity contribution in [1.82, 2.24) is 0 Å². The van der Waals surface area contributed by atoms with Crippen molar-refractivity contribution in [2.75, 3.05) is 17.2 Å². The molecule has 2 N–H and O–H groups in total. The molecule has 6 heteroatoms. The number of benzene rings is 2. The number of hydrogen-bond donors (Lipinski definition) is 2. The number of rotatable bonds is 5. The summed E-state index contributed by atoms with van der Waals surface area (Å²) in [4.78, 5) is 11.9. The second-order valence-electron chi connectivity index (χ2n) is 4.99. The van der Waals surface area contributed by atoms with E-state index in [4.69, 9.17) is 0 Å². The molecule has 122 valence electrons. The minimum absolute atomic E-state index is 0.0206. The molecule has 1 amide bonds. The van der Waals surface area contributed by atoms with Crippen molar-refractivity contribution in [3.05, 3.63) is 59.7 Å². The summed E-state index contributed by atoms with van der Waals surface area (Å²) in [6, 6.07) is 12.1. The van der Waals surface area contributed by atoms with Gasteiger partial charge in [0.05, 0.1) is 12.1 Å². The molecule has 23 heavy (non-hydrogen) atoms. The van der Waals surface area contributed by atoms with Crippen LogP contribution in [0.1, 0.15) is 18.1 Å². The molecule has 0 fully saturated rings. The summed E-state index contributed by atoms with van der Waals surface area (Å²) in [6.07, 6.45) is -3.61. The van der Waals surface area contributed by atoms with E-state index in [2.05, 4.69) is 10.6 Å². The Morgan fingerprint density at radius 3 is 2.52 bits per heavy atom. The molecular weight excluding hydrogens is 305 g/mol. The third kappa shape index (κ3) is 4.74. The minimum atomic E-state index is -4.43. The van der Waals surface area contributed by atoms with Crippen LogP contribution < -0.4 is 10.6 Å². The normalized spacial score (nSPS) is 11.1. The Labute approximate surface area is 132 Å². The molecule has 0 aromatic heterocycles. The lowest BCUT2D eigenvalue weighted by molar-refractivity contribution is -0.137. The van der Waals surface area contributed by atoms with Gasteiger partial charge >= 0.3 is 6.18 Å². The standard InChI is InChI=1S/C17H17F3N2O/c1-2-12-6-3-4-9-15(12)21-11-16(23)22-14-8-5-7-13(10-14)17(18,19)20/h3-10,21H,2,11H2,1H3,(H,22,23). The molecule has 0 unspecified atom stereocenters. The highest BCUT2D eigenvalue weighted by atomic mass is 19.4. The molecule has 3 nitrogen and oxygen atoms in total. The van der Waals surface area contributed by atoms with Gasteiger partial charge in [-0.25, -0.2) is 0 Å². The summed E-state index contributed by atoms with van der Waals surface area (Å²) >= 11 is 0. The van der Waals surface area contributed by atoms with Gasteiger partial charge in [0.2, 0.25) is 5.91 Å². The Hall–Kier alpha value is -2.50. The van der Waals surface area contributed by atoms with Gasteiger partial charge in [-0.15, -0.1) is 0 Å². The Morgan fingerprint density at radius 1 is 1.09 bits per heavy atom. The van der Waals surface area contributed by atoms with Gasteiger partial charge < -0.3 is 10.6 Å². The van der Waals surface area contributed by atoms with E-state index < -0.39 is 17.6 Å². The van der Waals surface area contributed by atoms with E-state index in [-0.39, 0.29) is 12.2 Å². The van der Waals surface area contributed by atoms with Crippen LogP contribution in [0.15, 0.2) is 48.5 Å². The van der Waals surface area contributed by atoms with Gasteiger partial charge in [0, 0.05) is 11.4 Å². The third-order valence-corrected chi connectivity index (χ3v) is 3.31. The van der Waals surface area contributed by atoms with Gasteiger partial charge in [-0.1, -0.05) is 31.2 Å². The van der Waals surface area contributed by atoms with Gasteiger partial charge in [-0.3, -0.25) is 4.79 Å². The number of carbonyl (C=O) groups excluding carboxylic acids is 1. The van der Waals surface area contributed by atoms with E-state index in [1.807, 2.05) is 31.2 Å². The van der Waals surface area contributed by atoms with E-state index in [9.17, 15) is 18.0 Å². The fraction of sp³-hybridized carbons (Fsp3) is 0.235. The van der Waals surface area contributed by atoms with Crippen molar-refractivity contribution in [1.29, 1.82) is 0 Å². The van der Waals surface area contributed by atoms with Crippen LogP contribution in [0.2, 0.25) is 0 Å². The second kappa shape index (κ2) is 7.17. The molecule has 2 aromatic carbocycles. The molecule has 0 saturated heterocycles. The highest BCUT2D eigenvalue weighted by molar-refractivity contribution is 5.93. The third-order valence-electron chi connectivity index (χ3n) is 3.31. The van der Waals surface area contributed by atoms with E-state index in [0.29, 0.717) is 0 Å². The highest BCUT2D eigenvalue weighted by Gasteiger charge is 2.30. The van der Waals surface area contributed by atoms with E-state index in [1.165, 1.54) is 12.1 Å². The van der Waals surface area contributed by atoms with Crippen molar-refractivity contribution in [3.63, 3.8) is 0 Å². The molecule has 0 saturated carbocycles. The number of aryl methyl sites for hydroxylation is 1. The summed E-state index contributed by atoms with van der Waals surface area (Å²) in [6.45, 7) is 1.98. The van der Waals surface area contributed by atoms with Gasteiger partial charge in [0.1, 0.15) is 0 Å². The first-order valence-corrected chi connectivity index (χ1v) is 7.19. The van der Waals surface area contributed by atoms with Crippen LogP contribution in [0.5, 0.6) is 0 Å². The lowest BCUT2D eigenvalue weighted by Gasteiger charge is -2.12. The Morgan fingerprint density at radius 2 is 1.83 bits per heavy atom. The van der Waals surface area contributed by atoms with Crippen LogP contribution in [0.3, 0.4) is 0 Å². The average Bonchev–Trinajstić information content (AvgIpc) is 2.52. The smallest absolute Gasteiger partial charge is 0.376 e. The number of para-hydroxylation sites is 1. The maximum atomic E-state index is 12.6. The predicted molar refractivity (Wildman–Crippen MR) is 84.4 cm³/mol. The predicted octanol–water partition coefficient (Wildman–Crippen LogP) is 4.32. The van der Waals surface area contributed by atoms with Crippen LogP contribution >= 0.6 is 0 Å². The van der Waals surface area contributed by atoms with Crippen LogP contribution in [-0.2, 0) is 17.4 Å². The number of halogens is 3. The first-order chi connectivity index (χ1) is 10.9. The molecule has 2 rings (SSSR count). The molecular formula is C17H17F3N2O. The second-order valence-corrected chi connectivity index (χ2v) is 4.99. The molecule has 0 bridgehead atoms. The molecule has 0 aliphatic rings. The first-order valence-electron chi connectivity index (χ1n) is 7.19. The summed E-state index contributed by atoms with van der Waals surface area (Å²) in [5.74, 6) is -0.407. The van der Waals surface area contributed by atoms with Gasteiger partial charge in [0.25, 0.3) is 0 Å². The summed E-state index contributed by atoms with van der Waals surface area (Å²) < 4.78 is 37.9. The molecule has 0 radical (unpaired) electrons. The zero-order valence-electron chi connectivity index (χ0n) is 12.6. The Balaban J connectivity index is 1.98. The first kappa shape index (κ1) is 16.9. The maximum absolute atomic E-state index is 12.6. The van der Waals surface area contributed by atoms with E-state index >= 15 is 0 Å². The fourth-order valence-electron chi connectivity index (χ4n) is 2.16. The molecule has 0 aliphatic carbocycles. The van der Waals surface area contributed by atoms with Crippen molar-refractivity contribution in [2.45, 2.75) is 19.5 Å². The SMILES string of the molecule is CCc1ccccc1NCC(=O)Nc1cccc(C(F)(F)F)c1. The zero-order chi connectivity index (χ0) is 16.9. The van der Waals surface area contributed by atoms with Gasteiger partial charge in [0.15, 0.2) is 0 Å². The fourth-order valence-corrected chi connectivity index (χ4v) is 2.16. The largest absolute Gasteiger partial charge is 0.416 e. The minimum Gasteiger partial charge on any atom is -0.376 e. The maximum Gasteiger partial charge on any atom is 0.416 e. The van der Waals surface area contributed by atoms with Crippen molar-refractivity contribution < 1.29 is 18.0 Å². The topological polar surface area (TPSA) is 41.1 Å². The molecule has 0 aliphatic heterocycles. The van der Waals surface area contributed by atoms with Gasteiger partial charge in [-0.05, 0) is 36.2 Å². The number of nitrogens with one attached hydrogen (secondary N) is 2. The number of carbonyl (C=O) groups is 1.